The quantitative estimate of drug-likeness (QED) is 0.660. The Bertz CT molecular complexity index is 514. The first kappa shape index (κ1) is 18.0. The van der Waals surface area contributed by atoms with Gasteiger partial charge in [0, 0.05) is 25.3 Å². The lowest BCUT2D eigenvalue weighted by Crippen LogP contribution is -2.31. The first-order chi connectivity index (χ1) is 9.86. The van der Waals surface area contributed by atoms with Crippen molar-refractivity contribution in [1.29, 1.82) is 0 Å². The van der Waals surface area contributed by atoms with E-state index in [0.717, 1.165) is 18.5 Å². The van der Waals surface area contributed by atoms with E-state index in [-0.39, 0.29) is 5.03 Å². The highest BCUT2D eigenvalue weighted by atomic mass is 32.2. The average Bonchev–Trinajstić information content (AvgIpc) is 2.44. The lowest BCUT2D eigenvalue weighted by Gasteiger charge is -2.20. The molecule has 0 aliphatic rings. The summed E-state index contributed by atoms with van der Waals surface area (Å²) >= 11 is 0. The molecule has 1 rings (SSSR count). The molecule has 0 radical (unpaired) electrons. The molecule has 0 aromatic carbocycles. The average molecular weight is 314 g/mol. The van der Waals surface area contributed by atoms with Crippen LogP contribution in [0, 0.1) is 0 Å². The summed E-state index contributed by atoms with van der Waals surface area (Å²) in [5.74, 6) is 0. The number of pyridine rings is 1. The Hall–Kier alpha value is -1.02. The van der Waals surface area contributed by atoms with Crippen molar-refractivity contribution in [1.82, 2.24) is 19.9 Å². The molecule has 0 fully saturated rings. The van der Waals surface area contributed by atoms with Gasteiger partial charge in [0.25, 0.3) is 10.0 Å². The predicted octanol–water partition coefficient (Wildman–Crippen LogP) is 0.810. The molecule has 1 heterocycles. The maximum atomic E-state index is 12.1. The molecular weight excluding hydrogens is 288 g/mol. The van der Waals surface area contributed by atoms with Crippen LogP contribution in [0.1, 0.15) is 25.8 Å². The lowest BCUT2D eigenvalue weighted by molar-refractivity contribution is 0.271. The second kappa shape index (κ2) is 8.43. The van der Waals surface area contributed by atoms with Gasteiger partial charge in [0.05, 0.1) is 0 Å². The zero-order valence-electron chi connectivity index (χ0n) is 13.3. The van der Waals surface area contributed by atoms with Crippen LogP contribution in [0.3, 0.4) is 0 Å². The number of nitrogens with zero attached hydrogens (tertiary/aromatic N) is 2. The SMILES string of the molecule is CNCc1ccc(S(=O)(=O)NCCCN(C)C(C)C)nc1. The van der Waals surface area contributed by atoms with Crippen LogP contribution in [0.15, 0.2) is 23.4 Å². The Labute approximate surface area is 128 Å². The molecule has 0 aliphatic carbocycles. The molecule has 0 amide bonds. The summed E-state index contributed by atoms with van der Waals surface area (Å²) in [6.07, 6.45) is 2.35. The maximum Gasteiger partial charge on any atom is 0.258 e. The van der Waals surface area contributed by atoms with E-state index in [1.54, 1.807) is 12.3 Å². The highest BCUT2D eigenvalue weighted by Gasteiger charge is 2.14. The summed E-state index contributed by atoms with van der Waals surface area (Å²) in [6.45, 7) is 6.16. The molecule has 6 nitrogen and oxygen atoms in total. The standard InChI is InChI=1S/C14H26N4O2S/c1-12(2)18(4)9-5-8-17-21(19,20)14-7-6-13(10-15-3)11-16-14/h6-7,11-12,15,17H,5,8-10H2,1-4H3. The maximum absolute atomic E-state index is 12.1. The van der Waals surface area contributed by atoms with Crippen LogP contribution < -0.4 is 10.0 Å². The van der Waals surface area contributed by atoms with E-state index < -0.39 is 10.0 Å². The molecule has 0 saturated carbocycles. The molecule has 1 aromatic rings. The molecule has 0 atom stereocenters. The lowest BCUT2D eigenvalue weighted by atomic mass is 10.3. The van der Waals surface area contributed by atoms with E-state index in [1.807, 2.05) is 14.1 Å². The third kappa shape index (κ3) is 6.09. The third-order valence-electron chi connectivity index (χ3n) is 3.32. The zero-order chi connectivity index (χ0) is 15.9. The van der Waals surface area contributed by atoms with E-state index in [2.05, 4.69) is 33.8 Å². The molecule has 0 unspecified atom stereocenters. The molecule has 21 heavy (non-hydrogen) atoms. The normalized spacial score (nSPS) is 12.3. The second-order valence-corrected chi connectivity index (χ2v) is 7.07. The summed E-state index contributed by atoms with van der Waals surface area (Å²) in [7, 11) is 0.352. The van der Waals surface area contributed by atoms with Crippen LogP contribution in [0.4, 0.5) is 0 Å². The number of rotatable bonds is 9. The Morgan fingerprint density at radius 3 is 2.57 bits per heavy atom. The second-order valence-electron chi connectivity index (χ2n) is 5.36. The van der Waals surface area contributed by atoms with Crippen LogP contribution in [0.25, 0.3) is 0 Å². The predicted molar refractivity (Wildman–Crippen MR) is 84.6 cm³/mol. The number of hydrogen-bond donors (Lipinski definition) is 2. The fourth-order valence-corrected chi connectivity index (χ4v) is 2.75. The van der Waals surface area contributed by atoms with E-state index in [1.165, 1.54) is 6.07 Å². The molecule has 0 saturated heterocycles. The Kier molecular flexibility index (Phi) is 7.24. The van der Waals surface area contributed by atoms with Gasteiger partial charge >= 0.3 is 0 Å². The number of sulfonamides is 1. The Balaban J connectivity index is 2.49. The number of hydrogen-bond acceptors (Lipinski definition) is 5. The molecular formula is C14H26N4O2S. The van der Waals surface area contributed by atoms with Crippen LogP contribution >= 0.6 is 0 Å². The van der Waals surface area contributed by atoms with Crippen molar-refractivity contribution in [2.24, 2.45) is 0 Å². The molecule has 1 aromatic heterocycles. The monoisotopic (exact) mass is 314 g/mol. The molecule has 120 valence electrons. The molecule has 7 heteroatoms. The van der Waals surface area contributed by atoms with Gasteiger partial charge in [0.1, 0.15) is 0 Å². The smallest absolute Gasteiger partial charge is 0.258 e. The Morgan fingerprint density at radius 1 is 1.33 bits per heavy atom. The first-order valence-electron chi connectivity index (χ1n) is 7.16. The van der Waals surface area contributed by atoms with E-state index in [9.17, 15) is 8.42 Å². The van der Waals surface area contributed by atoms with E-state index >= 15 is 0 Å². The van der Waals surface area contributed by atoms with Gasteiger partial charge in [-0.25, -0.2) is 18.1 Å². The number of aromatic nitrogens is 1. The first-order valence-corrected chi connectivity index (χ1v) is 8.64. The minimum atomic E-state index is -3.51. The van der Waals surface area contributed by atoms with E-state index in [0.29, 0.717) is 19.1 Å². The summed E-state index contributed by atoms with van der Waals surface area (Å²) in [5, 5.41) is 3.06. The largest absolute Gasteiger partial charge is 0.316 e. The Morgan fingerprint density at radius 2 is 2.05 bits per heavy atom. The van der Waals surface area contributed by atoms with Crippen molar-refractivity contribution in [2.45, 2.75) is 37.9 Å². The van der Waals surface area contributed by atoms with Crippen molar-refractivity contribution in [3.8, 4) is 0 Å². The minimum absolute atomic E-state index is 0.0690. The van der Waals surface area contributed by atoms with Crippen molar-refractivity contribution in [3.05, 3.63) is 23.9 Å². The fourth-order valence-electron chi connectivity index (χ4n) is 1.75. The number of nitrogens with one attached hydrogen (secondary N) is 2. The topological polar surface area (TPSA) is 74.3 Å². The van der Waals surface area contributed by atoms with Gasteiger partial charge in [0.2, 0.25) is 0 Å². The van der Waals surface area contributed by atoms with Crippen LogP contribution in [-0.4, -0.2) is 51.5 Å². The fraction of sp³-hybridized carbons (Fsp3) is 0.643. The third-order valence-corrected chi connectivity index (χ3v) is 4.69. The molecule has 0 spiro atoms. The van der Waals surface area contributed by atoms with Crippen LogP contribution in [0.2, 0.25) is 0 Å². The van der Waals surface area contributed by atoms with Gasteiger partial charge in [-0.15, -0.1) is 0 Å². The van der Waals surface area contributed by atoms with Crippen LogP contribution in [0.5, 0.6) is 0 Å². The van der Waals surface area contributed by atoms with Gasteiger partial charge in [-0.1, -0.05) is 6.07 Å². The van der Waals surface area contributed by atoms with Crippen molar-refractivity contribution >= 4 is 10.0 Å². The highest BCUT2D eigenvalue weighted by Crippen LogP contribution is 2.06. The van der Waals surface area contributed by atoms with Gasteiger partial charge in [-0.3, -0.25) is 0 Å². The van der Waals surface area contributed by atoms with Crippen molar-refractivity contribution in [2.75, 3.05) is 27.2 Å². The summed E-state index contributed by atoms with van der Waals surface area (Å²) in [4.78, 5) is 6.19. The van der Waals surface area contributed by atoms with Gasteiger partial charge in [-0.05, 0) is 52.5 Å². The zero-order valence-corrected chi connectivity index (χ0v) is 14.1. The summed E-state index contributed by atoms with van der Waals surface area (Å²) < 4.78 is 26.7. The van der Waals surface area contributed by atoms with Crippen molar-refractivity contribution < 1.29 is 8.42 Å². The van der Waals surface area contributed by atoms with Gasteiger partial charge in [0.15, 0.2) is 5.03 Å². The molecule has 2 N–H and O–H groups in total. The summed E-state index contributed by atoms with van der Waals surface area (Å²) in [5.41, 5.74) is 0.954. The molecule has 0 aliphatic heterocycles. The molecule has 0 bridgehead atoms. The summed E-state index contributed by atoms with van der Waals surface area (Å²) in [6, 6.07) is 3.77. The highest BCUT2D eigenvalue weighted by molar-refractivity contribution is 7.89. The van der Waals surface area contributed by atoms with Gasteiger partial charge in [-0.2, -0.15) is 0 Å². The van der Waals surface area contributed by atoms with Crippen molar-refractivity contribution in [3.63, 3.8) is 0 Å². The van der Waals surface area contributed by atoms with E-state index in [4.69, 9.17) is 0 Å². The minimum Gasteiger partial charge on any atom is -0.316 e. The van der Waals surface area contributed by atoms with Crippen LogP contribution in [-0.2, 0) is 16.6 Å². The van der Waals surface area contributed by atoms with Gasteiger partial charge < -0.3 is 10.2 Å².